The van der Waals surface area contributed by atoms with Crippen LogP contribution in [-0.2, 0) is 0 Å². The van der Waals surface area contributed by atoms with Gasteiger partial charge < -0.3 is 10.4 Å². The number of hydrogen-bond acceptors (Lipinski definition) is 4. The largest absolute Gasteiger partial charge is 0.396 e. The van der Waals surface area contributed by atoms with Crippen LogP contribution >= 0.6 is 0 Å². The van der Waals surface area contributed by atoms with E-state index < -0.39 is 0 Å². The minimum absolute atomic E-state index is 0.156. The maximum Gasteiger partial charge on any atom is 0.254 e. The number of aliphatic hydroxyl groups excluding tert-OH is 1. The Kier molecular flexibility index (Phi) is 5.42. The van der Waals surface area contributed by atoms with Gasteiger partial charge in [-0.25, -0.2) is 9.97 Å². The highest BCUT2D eigenvalue weighted by Crippen LogP contribution is 2.06. The fraction of sp³-hybridized carbons (Fsp3) is 0.545. The molecule has 0 bridgehead atoms. The van der Waals surface area contributed by atoms with Crippen molar-refractivity contribution >= 4 is 5.91 Å². The van der Waals surface area contributed by atoms with Crippen LogP contribution in [0.2, 0.25) is 0 Å². The van der Waals surface area contributed by atoms with Gasteiger partial charge in [0.15, 0.2) is 0 Å². The SMILES string of the molecule is CCC(CCO)CNC(=O)c1cncnc1. The van der Waals surface area contributed by atoms with Crippen molar-refractivity contribution in [1.82, 2.24) is 15.3 Å². The normalized spacial score (nSPS) is 12.1. The highest BCUT2D eigenvalue weighted by atomic mass is 16.3. The van der Waals surface area contributed by atoms with E-state index in [2.05, 4.69) is 15.3 Å². The Hall–Kier alpha value is -1.49. The molecule has 0 fully saturated rings. The first-order valence-electron chi connectivity index (χ1n) is 5.42. The summed E-state index contributed by atoms with van der Waals surface area (Å²) in [6.07, 6.45) is 6.00. The number of nitrogens with zero attached hydrogens (tertiary/aromatic N) is 2. The first kappa shape index (κ1) is 12.6. The number of amides is 1. The molecule has 5 nitrogen and oxygen atoms in total. The molecule has 0 aliphatic heterocycles. The summed E-state index contributed by atoms with van der Waals surface area (Å²) in [5, 5.41) is 11.6. The predicted molar refractivity (Wildman–Crippen MR) is 59.8 cm³/mol. The topological polar surface area (TPSA) is 75.1 Å². The van der Waals surface area contributed by atoms with Gasteiger partial charge in [-0.05, 0) is 12.3 Å². The maximum absolute atomic E-state index is 11.6. The predicted octanol–water partition coefficient (Wildman–Crippen LogP) is 0.615. The Labute approximate surface area is 94.9 Å². The van der Waals surface area contributed by atoms with Gasteiger partial charge in [-0.15, -0.1) is 0 Å². The van der Waals surface area contributed by atoms with Gasteiger partial charge in [0.1, 0.15) is 6.33 Å². The summed E-state index contributed by atoms with van der Waals surface area (Å²) < 4.78 is 0. The van der Waals surface area contributed by atoms with E-state index in [1.54, 1.807) is 0 Å². The second-order valence-electron chi connectivity index (χ2n) is 3.62. The second kappa shape index (κ2) is 6.90. The second-order valence-corrected chi connectivity index (χ2v) is 3.62. The van der Waals surface area contributed by atoms with Crippen LogP contribution in [0.1, 0.15) is 30.1 Å². The summed E-state index contributed by atoms with van der Waals surface area (Å²) >= 11 is 0. The molecule has 2 N–H and O–H groups in total. The third kappa shape index (κ3) is 3.94. The van der Waals surface area contributed by atoms with Gasteiger partial charge in [0.2, 0.25) is 0 Å². The zero-order valence-corrected chi connectivity index (χ0v) is 9.39. The summed E-state index contributed by atoms with van der Waals surface area (Å²) in [4.78, 5) is 19.2. The van der Waals surface area contributed by atoms with E-state index in [4.69, 9.17) is 5.11 Å². The quantitative estimate of drug-likeness (QED) is 0.741. The molecule has 1 rings (SSSR count). The van der Waals surface area contributed by atoms with Crippen molar-refractivity contribution in [1.29, 1.82) is 0 Å². The van der Waals surface area contributed by atoms with E-state index >= 15 is 0 Å². The van der Waals surface area contributed by atoms with Gasteiger partial charge in [-0.2, -0.15) is 0 Å². The molecule has 1 heterocycles. The summed E-state index contributed by atoms with van der Waals surface area (Å²) in [6.45, 7) is 2.77. The molecule has 0 saturated carbocycles. The Morgan fingerprint density at radius 2 is 2.19 bits per heavy atom. The van der Waals surface area contributed by atoms with Gasteiger partial charge in [0, 0.05) is 25.5 Å². The van der Waals surface area contributed by atoms with Crippen molar-refractivity contribution in [3.63, 3.8) is 0 Å². The van der Waals surface area contributed by atoms with E-state index in [0.29, 0.717) is 24.4 Å². The van der Waals surface area contributed by atoms with Crippen molar-refractivity contribution in [3.8, 4) is 0 Å². The third-order valence-electron chi connectivity index (χ3n) is 2.49. The van der Waals surface area contributed by atoms with E-state index in [9.17, 15) is 4.79 Å². The number of carbonyl (C=O) groups excluding carboxylic acids is 1. The molecule has 1 unspecified atom stereocenters. The molecular weight excluding hydrogens is 206 g/mol. The number of rotatable bonds is 6. The molecule has 0 radical (unpaired) electrons. The monoisotopic (exact) mass is 223 g/mol. The summed E-state index contributed by atoms with van der Waals surface area (Å²) in [6, 6.07) is 0. The Bertz CT molecular complexity index is 316. The maximum atomic E-state index is 11.6. The summed E-state index contributed by atoms with van der Waals surface area (Å²) in [5.74, 6) is 0.149. The van der Waals surface area contributed by atoms with Crippen LogP contribution in [0.25, 0.3) is 0 Å². The third-order valence-corrected chi connectivity index (χ3v) is 2.49. The van der Waals surface area contributed by atoms with Crippen LogP contribution in [0.4, 0.5) is 0 Å². The molecule has 88 valence electrons. The molecule has 1 amide bonds. The number of hydrogen-bond donors (Lipinski definition) is 2. The average molecular weight is 223 g/mol. The number of aromatic nitrogens is 2. The van der Waals surface area contributed by atoms with Crippen LogP contribution in [0.3, 0.4) is 0 Å². The van der Waals surface area contributed by atoms with Crippen LogP contribution < -0.4 is 5.32 Å². The van der Waals surface area contributed by atoms with Gasteiger partial charge in [0.05, 0.1) is 5.56 Å². The van der Waals surface area contributed by atoms with Crippen molar-refractivity contribution < 1.29 is 9.90 Å². The molecule has 0 aliphatic carbocycles. The highest BCUT2D eigenvalue weighted by molar-refractivity contribution is 5.93. The van der Waals surface area contributed by atoms with Gasteiger partial charge >= 0.3 is 0 Å². The smallest absolute Gasteiger partial charge is 0.254 e. The minimum atomic E-state index is -0.169. The molecule has 1 atom stereocenters. The Balaban J connectivity index is 2.40. The fourth-order valence-electron chi connectivity index (χ4n) is 1.39. The first-order valence-corrected chi connectivity index (χ1v) is 5.42. The average Bonchev–Trinajstić information content (AvgIpc) is 2.35. The van der Waals surface area contributed by atoms with Crippen molar-refractivity contribution in [2.24, 2.45) is 5.92 Å². The first-order chi connectivity index (χ1) is 7.77. The van der Waals surface area contributed by atoms with Gasteiger partial charge in [-0.1, -0.05) is 13.3 Å². The van der Waals surface area contributed by atoms with Gasteiger partial charge in [0.25, 0.3) is 5.91 Å². The van der Waals surface area contributed by atoms with Crippen molar-refractivity contribution in [2.45, 2.75) is 19.8 Å². The summed E-state index contributed by atoms with van der Waals surface area (Å²) in [5.41, 5.74) is 0.460. The van der Waals surface area contributed by atoms with Crippen LogP contribution in [-0.4, -0.2) is 34.1 Å². The van der Waals surface area contributed by atoms with E-state index in [-0.39, 0.29) is 12.5 Å². The molecule has 1 aromatic heterocycles. The lowest BCUT2D eigenvalue weighted by molar-refractivity contribution is 0.0943. The summed E-state index contributed by atoms with van der Waals surface area (Å²) in [7, 11) is 0. The molecule has 16 heavy (non-hydrogen) atoms. The molecule has 0 spiro atoms. The van der Waals surface area contributed by atoms with E-state index in [1.807, 2.05) is 6.92 Å². The number of nitrogens with one attached hydrogen (secondary N) is 1. The standard InChI is InChI=1S/C11H17N3O2/c1-2-9(3-4-15)5-14-11(16)10-6-12-8-13-7-10/h6-9,15H,2-5H2,1H3,(H,14,16). The lowest BCUT2D eigenvalue weighted by atomic mass is 10.0. The zero-order chi connectivity index (χ0) is 11.8. The zero-order valence-electron chi connectivity index (χ0n) is 9.39. The lowest BCUT2D eigenvalue weighted by Gasteiger charge is -2.13. The molecule has 0 aromatic carbocycles. The molecular formula is C11H17N3O2. The van der Waals surface area contributed by atoms with E-state index in [0.717, 1.165) is 6.42 Å². The van der Waals surface area contributed by atoms with Crippen molar-refractivity contribution in [3.05, 3.63) is 24.3 Å². The lowest BCUT2D eigenvalue weighted by Crippen LogP contribution is -2.29. The highest BCUT2D eigenvalue weighted by Gasteiger charge is 2.09. The number of carbonyl (C=O) groups is 1. The Morgan fingerprint density at radius 1 is 1.50 bits per heavy atom. The van der Waals surface area contributed by atoms with Gasteiger partial charge in [-0.3, -0.25) is 4.79 Å². The van der Waals surface area contributed by atoms with Crippen molar-refractivity contribution in [2.75, 3.05) is 13.2 Å². The number of aliphatic hydroxyl groups is 1. The fourth-order valence-corrected chi connectivity index (χ4v) is 1.39. The molecule has 5 heteroatoms. The minimum Gasteiger partial charge on any atom is -0.396 e. The Morgan fingerprint density at radius 3 is 2.75 bits per heavy atom. The molecule has 0 aliphatic rings. The van der Waals surface area contributed by atoms with Crippen LogP contribution in [0.15, 0.2) is 18.7 Å². The van der Waals surface area contributed by atoms with Crippen LogP contribution in [0, 0.1) is 5.92 Å². The molecule has 0 saturated heterocycles. The van der Waals surface area contributed by atoms with E-state index in [1.165, 1.54) is 18.7 Å². The van der Waals surface area contributed by atoms with Crippen LogP contribution in [0.5, 0.6) is 0 Å². The molecule has 1 aromatic rings.